The molecule has 2 N–H and O–H groups in total. The van der Waals surface area contributed by atoms with Gasteiger partial charge in [-0.2, -0.15) is 5.10 Å². The molecule has 0 atom stereocenters. The second-order valence-electron chi connectivity index (χ2n) is 3.90. The summed E-state index contributed by atoms with van der Waals surface area (Å²) in [5, 5.41) is 10.2. The van der Waals surface area contributed by atoms with Gasteiger partial charge in [-0.15, -0.1) is 0 Å². The summed E-state index contributed by atoms with van der Waals surface area (Å²) in [5.74, 6) is -0.209. The molecule has 1 aromatic heterocycles. The Hall–Kier alpha value is -1.36. The molecule has 2 rings (SSSR count). The van der Waals surface area contributed by atoms with Gasteiger partial charge in [0.05, 0.1) is 17.1 Å². The fourth-order valence-corrected chi connectivity index (χ4v) is 2.08. The number of H-pyrrole nitrogens is 1. The van der Waals surface area contributed by atoms with Gasteiger partial charge in [-0.1, -0.05) is 15.9 Å². The van der Waals surface area contributed by atoms with Crippen molar-refractivity contribution < 1.29 is 4.39 Å². The molecule has 0 aliphatic carbocycles. The van der Waals surface area contributed by atoms with Crippen molar-refractivity contribution >= 4 is 21.6 Å². The second kappa shape index (κ2) is 4.87. The van der Waals surface area contributed by atoms with Crippen LogP contribution >= 0.6 is 15.9 Å². The van der Waals surface area contributed by atoms with Crippen molar-refractivity contribution in [2.45, 2.75) is 20.4 Å². The van der Waals surface area contributed by atoms with Crippen LogP contribution in [0.3, 0.4) is 0 Å². The van der Waals surface area contributed by atoms with Crippen LogP contribution in [0.25, 0.3) is 0 Å². The van der Waals surface area contributed by atoms with E-state index in [9.17, 15) is 4.39 Å². The lowest BCUT2D eigenvalue weighted by molar-refractivity contribution is 0.612. The first kappa shape index (κ1) is 12.1. The van der Waals surface area contributed by atoms with Crippen molar-refractivity contribution in [2.75, 3.05) is 5.32 Å². The van der Waals surface area contributed by atoms with Gasteiger partial charge in [0.15, 0.2) is 0 Å². The maximum atomic E-state index is 13.5. The molecular weight excluding hydrogens is 285 g/mol. The third-order valence-corrected chi connectivity index (χ3v) is 3.08. The molecule has 0 saturated carbocycles. The van der Waals surface area contributed by atoms with Crippen molar-refractivity contribution in [1.82, 2.24) is 10.2 Å². The lowest BCUT2D eigenvalue weighted by atomic mass is 10.2. The van der Waals surface area contributed by atoms with E-state index < -0.39 is 0 Å². The van der Waals surface area contributed by atoms with E-state index in [1.165, 1.54) is 6.07 Å². The number of nitrogens with one attached hydrogen (secondary N) is 2. The minimum Gasteiger partial charge on any atom is -0.378 e. The molecule has 0 fully saturated rings. The first-order valence-electron chi connectivity index (χ1n) is 5.27. The molecule has 1 heterocycles. The zero-order valence-corrected chi connectivity index (χ0v) is 11.2. The van der Waals surface area contributed by atoms with Gasteiger partial charge in [-0.3, -0.25) is 5.10 Å². The third kappa shape index (κ3) is 2.66. The Labute approximate surface area is 108 Å². The SMILES string of the molecule is Cc1n[nH]c(C)c1NCc1cc(Br)ccc1F. The minimum absolute atomic E-state index is 0.209. The predicted octanol–water partition coefficient (Wildman–Crippen LogP) is 3.54. The monoisotopic (exact) mass is 297 g/mol. The van der Waals surface area contributed by atoms with Crippen molar-refractivity contribution in [1.29, 1.82) is 0 Å². The highest BCUT2D eigenvalue weighted by Crippen LogP contribution is 2.20. The van der Waals surface area contributed by atoms with E-state index >= 15 is 0 Å². The number of nitrogens with zero attached hydrogens (tertiary/aromatic N) is 1. The lowest BCUT2D eigenvalue weighted by Gasteiger charge is -2.08. The molecule has 3 nitrogen and oxygen atoms in total. The van der Waals surface area contributed by atoms with Gasteiger partial charge in [0.1, 0.15) is 5.82 Å². The maximum Gasteiger partial charge on any atom is 0.128 e. The van der Waals surface area contributed by atoms with Gasteiger partial charge in [0.2, 0.25) is 0 Å². The fourth-order valence-electron chi connectivity index (χ4n) is 1.67. The van der Waals surface area contributed by atoms with E-state index in [-0.39, 0.29) is 5.82 Å². The summed E-state index contributed by atoms with van der Waals surface area (Å²) in [7, 11) is 0. The summed E-state index contributed by atoms with van der Waals surface area (Å²) >= 11 is 3.33. The molecule has 0 unspecified atom stereocenters. The number of rotatable bonds is 3. The van der Waals surface area contributed by atoms with Gasteiger partial charge in [-0.25, -0.2) is 4.39 Å². The maximum absolute atomic E-state index is 13.5. The Morgan fingerprint density at radius 1 is 1.41 bits per heavy atom. The number of anilines is 1. The summed E-state index contributed by atoms with van der Waals surface area (Å²) in [6.45, 7) is 4.27. The number of halogens is 2. The number of benzene rings is 1. The molecule has 90 valence electrons. The van der Waals surface area contributed by atoms with E-state index in [1.54, 1.807) is 12.1 Å². The molecule has 1 aromatic carbocycles. The number of hydrogen-bond donors (Lipinski definition) is 2. The van der Waals surface area contributed by atoms with Crippen LogP contribution in [0.15, 0.2) is 22.7 Å². The Balaban J connectivity index is 2.15. The Morgan fingerprint density at radius 3 is 2.82 bits per heavy atom. The number of aromatic amines is 1. The first-order valence-corrected chi connectivity index (χ1v) is 6.06. The summed E-state index contributed by atoms with van der Waals surface area (Å²) in [4.78, 5) is 0. The molecule has 0 bridgehead atoms. The van der Waals surface area contributed by atoms with Crippen LogP contribution in [0.1, 0.15) is 17.0 Å². The van der Waals surface area contributed by atoms with Crippen LogP contribution in [0.2, 0.25) is 0 Å². The van der Waals surface area contributed by atoms with E-state index in [0.29, 0.717) is 12.1 Å². The van der Waals surface area contributed by atoms with Crippen molar-refractivity contribution in [3.8, 4) is 0 Å². The largest absolute Gasteiger partial charge is 0.378 e. The quantitative estimate of drug-likeness (QED) is 0.910. The topological polar surface area (TPSA) is 40.7 Å². The molecule has 0 aliphatic rings. The van der Waals surface area contributed by atoms with Crippen LogP contribution < -0.4 is 5.32 Å². The van der Waals surface area contributed by atoms with Crippen molar-refractivity contribution in [3.63, 3.8) is 0 Å². The van der Waals surface area contributed by atoms with E-state index in [2.05, 4.69) is 31.4 Å². The van der Waals surface area contributed by atoms with Gasteiger partial charge < -0.3 is 5.32 Å². The van der Waals surface area contributed by atoms with E-state index in [0.717, 1.165) is 21.5 Å². The van der Waals surface area contributed by atoms with E-state index in [1.807, 2.05) is 13.8 Å². The normalized spacial score (nSPS) is 10.6. The van der Waals surface area contributed by atoms with Crippen LogP contribution in [-0.4, -0.2) is 10.2 Å². The first-order chi connectivity index (χ1) is 8.08. The van der Waals surface area contributed by atoms with Crippen LogP contribution in [0.4, 0.5) is 10.1 Å². The molecule has 2 aromatic rings. The second-order valence-corrected chi connectivity index (χ2v) is 4.81. The minimum atomic E-state index is -0.209. The summed E-state index contributed by atoms with van der Waals surface area (Å²) < 4.78 is 14.4. The lowest BCUT2D eigenvalue weighted by Crippen LogP contribution is -2.03. The van der Waals surface area contributed by atoms with Crippen LogP contribution in [-0.2, 0) is 6.54 Å². The molecule has 0 spiro atoms. The van der Waals surface area contributed by atoms with Gasteiger partial charge >= 0.3 is 0 Å². The standard InChI is InChI=1S/C12H13BrFN3/c1-7-12(8(2)17-16-7)15-6-9-5-10(13)3-4-11(9)14/h3-5,15H,6H2,1-2H3,(H,16,17). The van der Waals surface area contributed by atoms with Gasteiger partial charge in [0.25, 0.3) is 0 Å². The van der Waals surface area contributed by atoms with Gasteiger partial charge in [0, 0.05) is 16.6 Å². The van der Waals surface area contributed by atoms with Crippen molar-refractivity contribution in [3.05, 3.63) is 45.4 Å². The fraction of sp³-hybridized carbons (Fsp3) is 0.250. The van der Waals surface area contributed by atoms with Crippen LogP contribution in [0, 0.1) is 19.7 Å². The molecule has 5 heteroatoms. The molecule has 0 aliphatic heterocycles. The smallest absolute Gasteiger partial charge is 0.128 e. The number of hydrogen-bond acceptors (Lipinski definition) is 2. The molecule has 0 radical (unpaired) electrons. The highest BCUT2D eigenvalue weighted by atomic mass is 79.9. The predicted molar refractivity (Wildman–Crippen MR) is 69.5 cm³/mol. The summed E-state index contributed by atoms with van der Waals surface area (Å²) in [6.07, 6.45) is 0. The van der Waals surface area contributed by atoms with Crippen LogP contribution in [0.5, 0.6) is 0 Å². The Bertz CT molecular complexity index is 517. The molecule has 0 amide bonds. The number of aromatic nitrogens is 2. The van der Waals surface area contributed by atoms with Crippen molar-refractivity contribution in [2.24, 2.45) is 0 Å². The zero-order chi connectivity index (χ0) is 12.4. The Morgan fingerprint density at radius 2 is 2.18 bits per heavy atom. The summed E-state index contributed by atoms with van der Waals surface area (Å²) in [5.41, 5.74) is 3.40. The average Bonchev–Trinajstić information content (AvgIpc) is 2.61. The average molecular weight is 298 g/mol. The molecule has 0 saturated heterocycles. The highest BCUT2D eigenvalue weighted by Gasteiger charge is 2.07. The van der Waals surface area contributed by atoms with Gasteiger partial charge in [-0.05, 0) is 32.0 Å². The third-order valence-electron chi connectivity index (χ3n) is 2.59. The summed E-state index contributed by atoms with van der Waals surface area (Å²) in [6, 6.07) is 4.91. The number of aryl methyl sites for hydroxylation is 2. The molecular formula is C12H13BrFN3. The highest BCUT2D eigenvalue weighted by molar-refractivity contribution is 9.10. The van der Waals surface area contributed by atoms with E-state index in [4.69, 9.17) is 0 Å². The molecule has 17 heavy (non-hydrogen) atoms. The zero-order valence-electron chi connectivity index (χ0n) is 9.64. The Kier molecular flexibility index (Phi) is 3.47.